The van der Waals surface area contributed by atoms with Crippen molar-refractivity contribution in [2.45, 2.75) is 18.4 Å². The third-order valence-corrected chi connectivity index (χ3v) is 4.42. The number of carbonyl (C=O) groups is 3. The fourth-order valence-electron chi connectivity index (χ4n) is 3.14. The van der Waals surface area contributed by atoms with E-state index in [0.717, 1.165) is 5.56 Å². The maximum absolute atomic E-state index is 12.9. The van der Waals surface area contributed by atoms with Gasteiger partial charge in [-0.15, -0.1) is 0 Å². The van der Waals surface area contributed by atoms with Crippen LogP contribution in [0.4, 0.5) is 5.69 Å². The summed E-state index contributed by atoms with van der Waals surface area (Å²) in [6, 6.07) is 6.23. The van der Waals surface area contributed by atoms with Gasteiger partial charge in [0.15, 0.2) is 6.04 Å². The number of anilines is 1. The number of hydrogen-bond acceptors (Lipinski definition) is 4. The van der Waals surface area contributed by atoms with E-state index >= 15 is 0 Å². The minimum atomic E-state index is -1.09. The van der Waals surface area contributed by atoms with E-state index in [4.69, 9.17) is 4.74 Å². The predicted molar refractivity (Wildman–Crippen MR) is 81.2 cm³/mol. The van der Waals surface area contributed by atoms with E-state index < -0.39 is 17.9 Å². The number of fused-ring (bicyclic) bond motifs is 1. The second-order valence-electron chi connectivity index (χ2n) is 5.73. The van der Waals surface area contributed by atoms with Gasteiger partial charge in [0.05, 0.1) is 19.1 Å². The van der Waals surface area contributed by atoms with Gasteiger partial charge in [-0.3, -0.25) is 9.59 Å². The van der Waals surface area contributed by atoms with Crippen molar-refractivity contribution in [2.24, 2.45) is 0 Å². The van der Waals surface area contributed by atoms with Crippen molar-refractivity contribution in [3.8, 4) is 0 Å². The SMILES string of the molecule is CN1C(=O)CC(C(=O)N2CCOCC2C(=O)O)c2ccccc21. The zero-order valence-electron chi connectivity index (χ0n) is 12.8. The van der Waals surface area contributed by atoms with Crippen LogP contribution in [0.5, 0.6) is 0 Å². The molecule has 0 aromatic heterocycles. The molecule has 1 fully saturated rings. The third-order valence-electron chi connectivity index (χ3n) is 4.42. The van der Waals surface area contributed by atoms with Gasteiger partial charge in [0.25, 0.3) is 0 Å². The van der Waals surface area contributed by atoms with Crippen molar-refractivity contribution in [1.29, 1.82) is 0 Å². The molecule has 1 saturated heterocycles. The second kappa shape index (κ2) is 6.00. The molecule has 0 bridgehead atoms. The molecule has 2 amide bonds. The van der Waals surface area contributed by atoms with Crippen LogP contribution in [0.1, 0.15) is 17.9 Å². The predicted octanol–water partition coefficient (Wildman–Crippen LogP) is 0.449. The molecule has 2 unspecified atom stereocenters. The first kappa shape index (κ1) is 15.5. The molecule has 3 rings (SSSR count). The molecule has 122 valence electrons. The van der Waals surface area contributed by atoms with Gasteiger partial charge in [0, 0.05) is 25.7 Å². The van der Waals surface area contributed by atoms with Crippen molar-refractivity contribution in [3.05, 3.63) is 29.8 Å². The number of hydrogen-bond donors (Lipinski definition) is 1. The van der Waals surface area contributed by atoms with E-state index in [-0.39, 0.29) is 31.4 Å². The number of para-hydroxylation sites is 1. The van der Waals surface area contributed by atoms with Gasteiger partial charge in [-0.1, -0.05) is 18.2 Å². The monoisotopic (exact) mass is 318 g/mol. The Morgan fingerprint density at radius 1 is 1.30 bits per heavy atom. The van der Waals surface area contributed by atoms with Crippen LogP contribution in [-0.4, -0.2) is 60.6 Å². The van der Waals surface area contributed by atoms with Crippen LogP contribution in [0.15, 0.2) is 24.3 Å². The maximum atomic E-state index is 12.9. The summed E-state index contributed by atoms with van der Waals surface area (Å²) in [6.07, 6.45) is 0.0516. The van der Waals surface area contributed by atoms with Gasteiger partial charge in [-0.25, -0.2) is 4.79 Å². The van der Waals surface area contributed by atoms with Gasteiger partial charge in [0.2, 0.25) is 11.8 Å². The smallest absolute Gasteiger partial charge is 0.328 e. The lowest BCUT2D eigenvalue weighted by molar-refractivity contribution is -0.159. The Balaban J connectivity index is 1.94. The molecule has 2 aliphatic rings. The number of nitrogens with zero attached hydrogens (tertiary/aromatic N) is 2. The molecule has 1 aromatic rings. The van der Waals surface area contributed by atoms with Gasteiger partial charge < -0.3 is 19.6 Å². The standard InChI is InChI=1S/C16H18N2O5/c1-17-12-5-3-2-4-10(12)11(8-14(17)19)15(20)18-6-7-23-9-13(18)16(21)22/h2-5,11,13H,6-9H2,1H3,(H,21,22). The van der Waals surface area contributed by atoms with Crippen molar-refractivity contribution >= 4 is 23.5 Å². The summed E-state index contributed by atoms with van der Waals surface area (Å²) in [7, 11) is 1.68. The summed E-state index contributed by atoms with van der Waals surface area (Å²) in [4.78, 5) is 39.3. The first-order valence-electron chi connectivity index (χ1n) is 7.47. The number of amides is 2. The fraction of sp³-hybridized carbons (Fsp3) is 0.438. The van der Waals surface area contributed by atoms with E-state index in [9.17, 15) is 19.5 Å². The Bertz CT molecular complexity index is 660. The number of carboxylic acids is 1. The number of carboxylic acid groups (broad SMARTS) is 1. The number of rotatable bonds is 2. The van der Waals surface area contributed by atoms with Crippen molar-refractivity contribution < 1.29 is 24.2 Å². The number of aliphatic carboxylic acids is 1. The summed E-state index contributed by atoms with van der Waals surface area (Å²) in [5, 5.41) is 9.30. The quantitative estimate of drug-likeness (QED) is 0.855. The Hall–Kier alpha value is -2.41. The fourth-order valence-corrected chi connectivity index (χ4v) is 3.14. The molecule has 7 heteroatoms. The Kier molecular flexibility index (Phi) is 4.04. The summed E-state index contributed by atoms with van der Waals surface area (Å²) in [5.41, 5.74) is 1.46. The lowest BCUT2D eigenvalue weighted by Crippen LogP contribution is -2.54. The second-order valence-corrected chi connectivity index (χ2v) is 5.73. The highest BCUT2D eigenvalue weighted by Crippen LogP contribution is 2.36. The average molecular weight is 318 g/mol. The van der Waals surface area contributed by atoms with E-state index in [2.05, 4.69) is 0 Å². The molecular formula is C16H18N2O5. The largest absolute Gasteiger partial charge is 0.480 e. The van der Waals surface area contributed by atoms with Crippen molar-refractivity contribution in [2.75, 3.05) is 31.7 Å². The zero-order valence-corrected chi connectivity index (χ0v) is 12.8. The normalized spacial score (nSPS) is 24.3. The van der Waals surface area contributed by atoms with Crippen molar-refractivity contribution in [3.63, 3.8) is 0 Å². The Morgan fingerprint density at radius 3 is 2.78 bits per heavy atom. The molecule has 2 atom stereocenters. The molecule has 0 saturated carbocycles. The first-order chi connectivity index (χ1) is 11.0. The number of benzene rings is 1. The number of morpholine rings is 1. The number of carbonyl (C=O) groups excluding carboxylic acids is 2. The van der Waals surface area contributed by atoms with Crippen LogP contribution in [-0.2, 0) is 19.1 Å². The summed E-state index contributed by atoms with van der Waals surface area (Å²) >= 11 is 0. The van der Waals surface area contributed by atoms with Crippen LogP contribution >= 0.6 is 0 Å². The third kappa shape index (κ3) is 2.68. The first-order valence-corrected chi connectivity index (χ1v) is 7.47. The summed E-state index contributed by atoms with van der Waals surface area (Å²) < 4.78 is 5.17. The van der Waals surface area contributed by atoms with Gasteiger partial charge in [-0.05, 0) is 11.6 Å². The molecule has 0 aliphatic carbocycles. The Morgan fingerprint density at radius 2 is 2.04 bits per heavy atom. The molecule has 2 aliphatic heterocycles. The number of ether oxygens (including phenoxy) is 1. The molecule has 23 heavy (non-hydrogen) atoms. The van der Waals surface area contributed by atoms with E-state index in [1.165, 1.54) is 9.80 Å². The summed E-state index contributed by atoms with van der Waals surface area (Å²) in [5.74, 6) is -2.21. The molecule has 7 nitrogen and oxygen atoms in total. The van der Waals surface area contributed by atoms with Gasteiger partial charge in [-0.2, -0.15) is 0 Å². The van der Waals surface area contributed by atoms with E-state index in [1.54, 1.807) is 13.1 Å². The van der Waals surface area contributed by atoms with E-state index in [1.807, 2.05) is 18.2 Å². The molecule has 0 spiro atoms. The van der Waals surface area contributed by atoms with Crippen LogP contribution < -0.4 is 4.90 Å². The zero-order chi connectivity index (χ0) is 16.6. The average Bonchev–Trinajstić information content (AvgIpc) is 2.57. The molecule has 2 heterocycles. The highest BCUT2D eigenvalue weighted by molar-refractivity contribution is 6.03. The minimum Gasteiger partial charge on any atom is -0.480 e. The molecule has 1 N–H and O–H groups in total. The van der Waals surface area contributed by atoms with Crippen LogP contribution in [0.2, 0.25) is 0 Å². The van der Waals surface area contributed by atoms with Crippen LogP contribution in [0.25, 0.3) is 0 Å². The maximum Gasteiger partial charge on any atom is 0.328 e. The van der Waals surface area contributed by atoms with Crippen LogP contribution in [0.3, 0.4) is 0 Å². The molecule has 1 aromatic carbocycles. The van der Waals surface area contributed by atoms with Crippen LogP contribution in [0, 0.1) is 0 Å². The van der Waals surface area contributed by atoms with Crippen molar-refractivity contribution in [1.82, 2.24) is 4.90 Å². The minimum absolute atomic E-state index is 0.0245. The topological polar surface area (TPSA) is 87.2 Å². The van der Waals surface area contributed by atoms with Gasteiger partial charge in [0.1, 0.15) is 0 Å². The lowest BCUT2D eigenvalue weighted by Gasteiger charge is -2.38. The molecular weight excluding hydrogens is 300 g/mol. The Labute approximate surface area is 133 Å². The van der Waals surface area contributed by atoms with Gasteiger partial charge >= 0.3 is 5.97 Å². The summed E-state index contributed by atoms with van der Waals surface area (Å²) in [6.45, 7) is 0.500. The lowest BCUT2D eigenvalue weighted by atomic mass is 9.88. The van der Waals surface area contributed by atoms with E-state index in [0.29, 0.717) is 12.3 Å². The highest BCUT2D eigenvalue weighted by Gasteiger charge is 2.40. The molecule has 0 radical (unpaired) electrons. The highest BCUT2D eigenvalue weighted by atomic mass is 16.5.